The second-order valence-corrected chi connectivity index (χ2v) is 10.7. The van der Waals surface area contributed by atoms with E-state index in [1.54, 1.807) is 0 Å². The van der Waals surface area contributed by atoms with E-state index in [4.69, 9.17) is 0 Å². The minimum Gasteiger partial charge on any atom is -0.508 e. The molecule has 0 amide bonds. The van der Waals surface area contributed by atoms with Gasteiger partial charge in [-0.1, -0.05) is 72.8 Å². The number of phenols is 2. The summed E-state index contributed by atoms with van der Waals surface area (Å²) in [7, 11) is 0. The summed E-state index contributed by atoms with van der Waals surface area (Å²) >= 11 is 0. The molecule has 0 radical (unpaired) electrons. The molecule has 4 heteroatoms. The van der Waals surface area contributed by atoms with Crippen LogP contribution in [-0.4, -0.2) is 33.1 Å². The molecule has 38 heavy (non-hydrogen) atoms. The van der Waals surface area contributed by atoms with Gasteiger partial charge < -0.3 is 10.2 Å². The zero-order valence-corrected chi connectivity index (χ0v) is 22.1. The van der Waals surface area contributed by atoms with Gasteiger partial charge in [-0.3, -0.25) is 9.80 Å². The zero-order chi connectivity index (χ0) is 26.2. The first kappa shape index (κ1) is 24.5. The number of phenolic OH excluding ortho intramolecular Hbond substituents is 2. The van der Waals surface area contributed by atoms with E-state index < -0.39 is 0 Å². The Morgan fingerprint density at radius 2 is 1.11 bits per heavy atom. The Balaban J connectivity index is 1.53. The summed E-state index contributed by atoms with van der Waals surface area (Å²) in [6.07, 6.45) is 0.986. The number of nitrogens with zero attached hydrogens (tertiary/aromatic N) is 2. The van der Waals surface area contributed by atoms with E-state index in [1.165, 1.54) is 27.1 Å². The number of hydrogen-bond acceptors (Lipinski definition) is 4. The van der Waals surface area contributed by atoms with E-state index in [9.17, 15) is 10.2 Å². The van der Waals surface area contributed by atoms with Crippen LogP contribution in [0.25, 0.3) is 21.5 Å². The molecule has 5 aromatic carbocycles. The molecule has 4 nitrogen and oxygen atoms in total. The number of fused-ring (bicyclic) bond motifs is 2. The molecule has 1 heterocycles. The molecular formula is C34H34N2O2. The number of aryl methyl sites for hydroxylation is 2. The molecule has 0 unspecified atom stereocenters. The monoisotopic (exact) mass is 502 g/mol. The van der Waals surface area contributed by atoms with Crippen LogP contribution in [0.5, 0.6) is 11.5 Å². The lowest BCUT2D eigenvalue weighted by molar-refractivity contribution is -0.00803. The van der Waals surface area contributed by atoms with Gasteiger partial charge >= 0.3 is 0 Å². The molecule has 1 aliphatic heterocycles. The second kappa shape index (κ2) is 10.1. The van der Waals surface area contributed by atoms with Gasteiger partial charge in [-0.05, 0) is 76.7 Å². The summed E-state index contributed by atoms with van der Waals surface area (Å²) < 4.78 is 0. The van der Waals surface area contributed by atoms with E-state index in [0.717, 1.165) is 41.8 Å². The van der Waals surface area contributed by atoms with Gasteiger partial charge in [0.2, 0.25) is 0 Å². The predicted molar refractivity (Wildman–Crippen MR) is 155 cm³/mol. The van der Waals surface area contributed by atoms with Gasteiger partial charge in [-0.15, -0.1) is 0 Å². The standard InChI is InChI=1S/C34H34N2O2/c1-23-12-14-27(31(37)18-23)21-35-16-7-17-36(22-28-15-13-24(2)19-32(28)38)34(35)33-29-10-5-3-8-25(29)20-26-9-4-6-11-30(26)33/h3-6,8-15,18-20,34,37-38H,7,16-17,21-22H2,1-2H3. The molecule has 1 aliphatic rings. The van der Waals surface area contributed by atoms with Gasteiger partial charge in [0, 0.05) is 37.3 Å². The molecule has 1 fully saturated rings. The number of aromatic hydroxyl groups is 2. The normalized spacial score (nSPS) is 15.4. The van der Waals surface area contributed by atoms with Crippen LogP contribution in [0, 0.1) is 13.8 Å². The average Bonchev–Trinajstić information content (AvgIpc) is 2.91. The number of rotatable bonds is 5. The lowest BCUT2D eigenvalue weighted by Gasteiger charge is -2.45. The molecule has 0 aliphatic carbocycles. The maximum atomic E-state index is 10.8. The highest BCUT2D eigenvalue weighted by Crippen LogP contribution is 2.41. The maximum Gasteiger partial charge on any atom is 0.120 e. The van der Waals surface area contributed by atoms with Crippen LogP contribution >= 0.6 is 0 Å². The summed E-state index contributed by atoms with van der Waals surface area (Å²) in [5.74, 6) is 0.694. The van der Waals surface area contributed by atoms with Crippen LogP contribution < -0.4 is 0 Å². The summed E-state index contributed by atoms with van der Waals surface area (Å²) in [6, 6.07) is 31.5. The third-order valence-corrected chi connectivity index (χ3v) is 7.88. The van der Waals surface area contributed by atoms with Gasteiger partial charge in [0.1, 0.15) is 11.5 Å². The SMILES string of the molecule is Cc1ccc(CN2CCCN(Cc3ccc(C)cc3O)C2c2c3ccccc3cc3ccccc23)c(O)c1. The van der Waals surface area contributed by atoms with Gasteiger partial charge in [-0.25, -0.2) is 0 Å². The summed E-state index contributed by atoms with van der Waals surface area (Å²) in [4.78, 5) is 4.99. The van der Waals surface area contributed by atoms with Crippen LogP contribution in [0.3, 0.4) is 0 Å². The quantitative estimate of drug-likeness (QED) is 0.245. The number of hydrogen-bond donors (Lipinski definition) is 2. The van der Waals surface area contributed by atoms with Crippen LogP contribution in [0.4, 0.5) is 0 Å². The highest BCUT2D eigenvalue weighted by Gasteiger charge is 2.34. The van der Waals surface area contributed by atoms with E-state index >= 15 is 0 Å². The third kappa shape index (κ3) is 4.62. The Morgan fingerprint density at radius 1 is 0.632 bits per heavy atom. The minimum atomic E-state index is -0.0267. The average molecular weight is 503 g/mol. The molecule has 0 atom stereocenters. The topological polar surface area (TPSA) is 46.9 Å². The molecule has 0 spiro atoms. The van der Waals surface area contributed by atoms with Crippen LogP contribution in [0.15, 0.2) is 91.0 Å². The van der Waals surface area contributed by atoms with Crippen molar-refractivity contribution in [3.05, 3.63) is 119 Å². The van der Waals surface area contributed by atoms with E-state index in [0.29, 0.717) is 24.6 Å². The highest BCUT2D eigenvalue weighted by molar-refractivity contribution is 6.02. The third-order valence-electron chi connectivity index (χ3n) is 7.88. The molecule has 1 saturated heterocycles. The lowest BCUT2D eigenvalue weighted by Crippen LogP contribution is -2.47. The van der Waals surface area contributed by atoms with Crippen molar-refractivity contribution in [1.29, 1.82) is 0 Å². The minimum absolute atomic E-state index is 0.0267. The molecular weight excluding hydrogens is 468 g/mol. The largest absolute Gasteiger partial charge is 0.508 e. The van der Waals surface area contributed by atoms with E-state index in [1.807, 2.05) is 38.1 Å². The van der Waals surface area contributed by atoms with Crippen molar-refractivity contribution < 1.29 is 10.2 Å². The van der Waals surface area contributed by atoms with Crippen molar-refractivity contribution in [1.82, 2.24) is 9.80 Å². The van der Waals surface area contributed by atoms with Gasteiger partial charge in [-0.2, -0.15) is 0 Å². The highest BCUT2D eigenvalue weighted by atomic mass is 16.3. The van der Waals surface area contributed by atoms with E-state index in [2.05, 4.69) is 76.5 Å². The summed E-state index contributed by atoms with van der Waals surface area (Å²) in [5, 5.41) is 26.6. The van der Waals surface area contributed by atoms with Crippen molar-refractivity contribution in [3.8, 4) is 11.5 Å². The second-order valence-electron chi connectivity index (χ2n) is 10.7. The first-order valence-corrected chi connectivity index (χ1v) is 13.4. The van der Waals surface area contributed by atoms with Gasteiger partial charge in [0.15, 0.2) is 0 Å². The Hall–Kier alpha value is -3.86. The number of benzene rings is 5. The fourth-order valence-corrected chi connectivity index (χ4v) is 6.03. The van der Waals surface area contributed by atoms with Crippen LogP contribution in [0.2, 0.25) is 0 Å². The Morgan fingerprint density at radius 3 is 1.58 bits per heavy atom. The van der Waals surface area contributed by atoms with Crippen LogP contribution in [-0.2, 0) is 13.1 Å². The molecule has 2 N–H and O–H groups in total. The van der Waals surface area contributed by atoms with Crippen molar-refractivity contribution >= 4 is 21.5 Å². The van der Waals surface area contributed by atoms with Gasteiger partial charge in [0.25, 0.3) is 0 Å². The van der Waals surface area contributed by atoms with Crippen molar-refractivity contribution in [2.24, 2.45) is 0 Å². The fraction of sp³-hybridized carbons (Fsp3) is 0.235. The Bertz CT molecular complexity index is 1510. The molecule has 0 aromatic heterocycles. The molecule has 0 saturated carbocycles. The lowest BCUT2D eigenvalue weighted by atomic mass is 9.92. The predicted octanol–water partition coefficient (Wildman–Crippen LogP) is 7.43. The molecule has 6 rings (SSSR count). The van der Waals surface area contributed by atoms with Crippen molar-refractivity contribution in [3.63, 3.8) is 0 Å². The Kier molecular flexibility index (Phi) is 6.52. The fourth-order valence-electron chi connectivity index (χ4n) is 6.03. The molecule has 5 aromatic rings. The molecule has 192 valence electrons. The smallest absolute Gasteiger partial charge is 0.120 e. The first-order chi connectivity index (χ1) is 18.5. The summed E-state index contributed by atoms with van der Waals surface area (Å²) in [6.45, 7) is 7.14. The van der Waals surface area contributed by atoms with Gasteiger partial charge in [0.05, 0.1) is 6.17 Å². The van der Waals surface area contributed by atoms with Crippen LogP contribution in [0.1, 0.15) is 40.4 Å². The van der Waals surface area contributed by atoms with Crippen molar-refractivity contribution in [2.75, 3.05) is 13.1 Å². The first-order valence-electron chi connectivity index (χ1n) is 13.4. The summed E-state index contributed by atoms with van der Waals surface area (Å²) in [5.41, 5.74) is 5.27. The Labute approximate surface area is 224 Å². The van der Waals surface area contributed by atoms with Crippen molar-refractivity contribution in [2.45, 2.75) is 39.5 Å². The molecule has 0 bridgehead atoms. The zero-order valence-electron chi connectivity index (χ0n) is 22.1. The van der Waals surface area contributed by atoms with E-state index in [-0.39, 0.29) is 6.17 Å². The maximum absolute atomic E-state index is 10.8.